The van der Waals surface area contributed by atoms with E-state index in [9.17, 15) is 5.26 Å². The number of pyridine rings is 1. The Bertz CT molecular complexity index is 621. The third kappa shape index (κ3) is 1.84. The molecule has 0 aliphatic rings. The summed E-state index contributed by atoms with van der Waals surface area (Å²) in [5.74, 6) is 0. The summed E-state index contributed by atoms with van der Waals surface area (Å²) < 4.78 is 1.07. The van der Waals surface area contributed by atoms with Crippen LogP contribution in [-0.2, 0) is 6.42 Å². The maximum Gasteiger partial charge on any atom is 0.126 e. The van der Waals surface area contributed by atoms with Crippen molar-refractivity contribution in [2.45, 2.75) is 31.4 Å². The third-order valence-corrected chi connectivity index (χ3v) is 5.24. The molecule has 0 aliphatic heterocycles. The summed E-state index contributed by atoms with van der Waals surface area (Å²) in [5.41, 5.74) is 4.40. The molecule has 2 aromatic rings. The predicted molar refractivity (Wildman–Crippen MR) is 75.0 cm³/mol. The molecule has 0 amide bonds. The molecule has 0 fully saturated rings. The van der Waals surface area contributed by atoms with Gasteiger partial charge in [0.25, 0.3) is 0 Å². The van der Waals surface area contributed by atoms with Crippen LogP contribution in [-0.4, -0.2) is 11.2 Å². The number of nitriles is 1. The van der Waals surface area contributed by atoms with E-state index in [2.05, 4.69) is 31.8 Å². The first-order valence-electron chi connectivity index (χ1n) is 5.50. The standard InChI is InChI=1S/C13H14N2S2/c1-5-9-7(2)11-10(6-14)13(16-4)17-12(11)15-8(9)3/h5H2,1-4H3. The number of rotatable bonds is 2. The van der Waals surface area contributed by atoms with Crippen LogP contribution in [0, 0.1) is 25.2 Å². The van der Waals surface area contributed by atoms with Gasteiger partial charge in [-0.05, 0) is 37.7 Å². The van der Waals surface area contributed by atoms with Crippen LogP contribution in [0.1, 0.15) is 29.3 Å². The quantitative estimate of drug-likeness (QED) is 0.765. The summed E-state index contributed by atoms with van der Waals surface area (Å²) in [6.07, 6.45) is 2.98. The van der Waals surface area contributed by atoms with Gasteiger partial charge in [-0.15, -0.1) is 23.1 Å². The van der Waals surface area contributed by atoms with Crippen molar-refractivity contribution >= 4 is 33.3 Å². The van der Waals surface area contributed by atoms with Crippen LogP contribution in [0.3, 0.4) is 0 Å². The van der Waals surface area contributed by atoms with E-state index in [0.29, 0.717) is 0 Å². The average molecular weight is 262 g/mol. The van der Waals surface area contributed by atoms with Gasteiger partial charge in [0.05, 0.1) is 9.77 Å². The summed E-state index contributed by atoms with van der Waals surface area (Å²) >= 11 is 3.26. The molecule has 0 aromatic carbocycles. The fraction of sp³-hybridized carbons (Fsp3) is 0.385. The molecule has 2 heterocycles. The van der Waals surface area contributed by atoms with Crippen molar-refractivity contribution in [1.29, 1.82) is 5.26 Å². The number of hydrogen-bond acceptors (Lipinski definition) is 4. The highest BCUT2D eigenvalue weighted by atomic mass is 32.2. The van der Waals surface area contributed by atoms with Crippen molar-refractivity contribution in [3.05, 3.63) is 22.4 Å². The molecule has 0 radical (unpaired) electrons. The van der Waals surface area contributed by atoms with Gasteiger partial charge < -0.3 is 0 Å². The van der Waals surface area contributed by atoms with Crippen LogP contribution >= 0.6 is 23.1 Å². The second-order valence-corrected chi connectivity index (χ2v) is 5.99. The maximum atomic E-state index is 9.31. The fourth-order valence-electron chi connectivity index (χ4n) is 2.23. The van der Waals surface area contributed by atoms with E-state index in [4.69, 9.17) is 0 Å². The first-order chi connectivity index (χ1) is 8.13. The SMILES string of the molecule is CCc1c(C)nc2sc(SC)c(C#N)c2c1C. The van der Waals surface area contributed by atoms with E-state index in [1.165, 1.54) is 11.1 Å². The summed E-state index contributed by atoms with van der Waals surface area (Å²) in [4.78, 5) is 5.64. The first-order valence-corrected chi connectivity index (χ1v) is 7.54. The lowest BCUT2D eigenvalue weighted by Crippen LogP contribution is -1.96. The van der Waals surface area contributed by atoms with Gasteiger partial charge in [-0.2, -0.15) is 5.26 Å². The molecule has 0 spiro atoms. The highest BCUT2D eigenvalue weighted by molar-refractivity contribution is 8.00. The molecule has 0 unspecified atom stereocenters. The zero-order valence-electron chi connectivity index (χ0n) is 10.4. The molecule has 4 heteroatoms. The van der Waals surface area contributed by atoms with Gasteiger partial charge in [0.1, 0.15) is 10.9 Å². The number of thiophene rings is 1. The van der Waals surface area contributed by atoms with Gasteiger partial charge in [-0.3, -0.25) is 0 Å². The van der Waals surface area contributed by atoms with Gasteiger partial charge >= 0.3 is 0 Å². The molecule has 2 rings (SSSR count). The average Bonchev–Trinajstić information content (AvgIpc) is 2.67. The minimum atomic E-state index is 0.803. The van der Waals surface area contributed by atoms with E-state index in [1.54, 1.807) is 23.1 Å². The van der Waals surface area contributed by atoms with Crippen LogP contribution < -0.4 is 0 Å². The van der Waals surface area contributed by atoms with Gasteiger partial charge in [0.2, 0.25) is 0 Å². The molecule has 17 heavy (non-hydrogen) atoms. The normalized spacial score (nSPS) is 10.8. The first kappa shape index (κ1) is 12.4. The molecule has 0 saturated carbocycles. The Balaban J connectivity index is 2.92. The lowest BCUT2D eigenvalue weighted by molar-refractivity contribution is 1.05. The molecular formula is C13H14N2S2. The van der Waals surface area contributed by atoms with E-state index in [-0.39, 0.29) is 0 Å². The van der Waals surface area contributed by atoms with E-state index < -0.39 is 0 Å². The Hall–Kier alpha value is -1.05. The molecule has 0 aliphatic carbocycles. The van der Waals surface area contributed by atoms with Crippen molar-refractivity contribution < 1.29 is 0 Å². The summed E-state index contributed by atoms with van der Waals surface area (Å²) in [6, 6.07) is 2.33. The fourth-order valence-corrected chi connectivity index (χ4v) is 4.12. The maximum absolute atomic E-state index is 9.31. The van der Waals surface area contributed by atoms with Crippen LogP contribution in [0.2, 0.25) is 0 Å². The molecule has 88 valence electrons. The van der Waals surface area contributed by atoms with Crippen LogP contribution in [0.4, 0.5) is 0 Å². The Labute approximate surface area is 110 Å². The zero-order chi connectivity index (χ0) is 12.6. The minimum Gasteiger partial charge on any atom is -0.242 e. The smallest absolute Gasteiger partial charge is 0.126 e. The Morgan fingerprint density at radius 1 is 1.41 bits per heavy atom. The lowest BCUT2D eigenvalue weighted by Gasteiger charge is -2.07. The van der Waals surface area contributed by atoms with Gasteiger partial charge in [0, 0.05) is 11.1 Å². The Morgan fingerprint density at radius 3 is 2.65 bits per heavy atom. The molecule has 0 atom stereocenters. The third-order valence-electron chi connectivity index (χ3n) is 3.04. The molecule has 0 saturated heterocycles. The molecule has 2 aromatic heterocycles. The molecule has 0 N–H and O–H groups in total. The Morgan fingerprint density at radius 2 is 2.12 bits per heavy atom. The number of aromatic nitrogens is 1. The van der Waals surface area contributed by atoms with E-state index >= 15 is 0 Å². The van der Waals surface area contributed by atoms with Crippen molar-refractivity contribution in [1.82, 2.24) is 4.98 Å². The molecule has 2 nitrogen and oxygen atoms in total. The van der Waals surface area contributed by atoms with E-state index in [0.717, 1.165) is 32.1 Å². The summed E-state index contributed by atoms with van der Waals surface area (Å²) in [5, 5.41) is 10.4. The largest absolute Gasteiger partial charge is 0.242 e. The minimum absolute atomic E-state index is 0.803. The van der Waals surface area contributed by atoms with Gasteiger partial charge in [0.15, 0.2) is 0 Å². The highest BCUT2D eigenvalue weighted by Crippen LogP contribution is 2.38. The van der Waals surface area contributed by atoms with Crippen LogP contribution in [0.5, 0.6) is 0 Å². The second-order valence-electron chi connectivity index (χ2n) is 3.91. The van der Waals surface area contributed by atoms with Crippen molar-refractivity contribution in [3.8, 4) is 6.07 Å². The molecule has 0 bridgehead atoms. The Kier molecular flexibility index (Phi) is 3.41. The van der Waals surface area contributed by atoms with Crippen LogP contribution in [0.25, 0.3) is 10.2 Å². The number of aryl methyl sites for hydroxylation is 2. The molecular weight excluding hydrogens is 248 g/mol. The summed E-state index contributed by atoms with van der Waals surface area (Å²) in [6.45, 7) is 6.29. The van der Waals surface area contributed by atoms with Crippen molar-refractivity contribution in [2.75, 3.05) is 6.26 Å². The monoisotopic (exact) mass is 262 g/mol. The number of hydrogen-bond donors (Lipinski definition) is 0. The second kappa shape index (κ2) is 4.67. The van der Waals surface area contributed by atoms with Crippen LogP contribution in [0.15, 0.2) is 4.21 Å². The van der Waals surface area contributed by atoms with Crippen molar-refractivity contribution in [2.24, 2.45) is 0 Å². The predicted octanol–water partition coefficient (Wildman–Crippen LogP) is 4.07. The topological polar surface area (TPSA) is 36.7 Å². The highest BCUT2D eigenvalue weighted by Gasteiger charge is 2.17. The van der Waals surface area contributed by atoms with Gasteiger partial charge in [-0.25, -0.2) is 4.98 Å². The van der Waals surface area contributed by atoms with E-state index in [1.807, 2.05) is 6.26 Å². The lowest BCUT2D eigenvalue weighted by atomic mass is 10.0. The zero-order valence-corrected chi connectivity index (χ0v) is 12.1. The summed E-state index contributed by atoms with van der Waals surface area (Å²) in [7, 11) is 0. The number of nitrogens with zero attached hydrogens (tertiary/aromatic N) is 2. The van der Waals surface area contributed by atoms with Gasteiger partial charge in [-0.1, -0.05) is 6.92 Å². The number of fused-ring (bicyclic) bond motifs is 1. The van der Waals surface area contributed by atoms with Crippen molar-refractivity contribution in [3.63, 3.8) is 0 Å². The number of thioether (sulfide) groups is 1.